The molecule has 0 radical (unpaired) electrons. The molecule has 1 aromatic heterocycles. The smallest absolute Gasteiger partial charge is 0.110 e. The predicted octanol–water partition coefficient (Wildman–Crippen LogP) is 2.48. The van der Waals surface area contributed by atoms with Crippen molar-refractivity contribution < 1.29 is 4.74 Å². The van der Waals surface area contributed by atoms with E-state index in [0.29, 0.717) is 0 Å². The maximum absolute atomic E-state index is 5.96. The van der Waals surface area contributed by atoms with Crippen LogP contribution >= 0.6 is 11.6 Å². The lowest BCUT2D eigenvalue weighted by atomic mass is 10.2. The molecule has 1 fully saturated rings. The molecule has 1 aliphatic rings. The van der Waals surface area contributed by atoms with Crippen molar-refractivity contribution in [3.05, 3.63) is 35.0 Å². The highest BCUT2D eigenvalue weighted by molar-refractivity contribution is 6.31. The zero-order chi connectivity index (χ0) is 11.0. The molecule has 4 heteroatoms. The summed E-state index contributed by atoms with van der Waals surface area (Å²) in [5, 5.41) is 5.22. The fourth-order valence-corrected chi connectivity index (χ4v) is 2.25. The van der Waals surface area contributed by atoms with Crippen molar-refractivity contribution in [3.63, 3.8) is 0 Å². The van der Waals surface area contributed by atoms with Gasteiger partial charge in [-0.3, -0.25) is 0 Å². The van der Waals surface area contributed by atoms with Gasteiger partial charge in [0.05, 0.1) is 6.61 Å². The summed E-state index contributed by atoms with van der Waals surface area (Å²) in [5.41, 5.74) is 2.22. The maximum atomic E-state index is 5.96. The second-order valence-electron chi connectivity index (χ2n) is 4.02. The third kappa shape index (κ3) is 1.82. The first-order chi connectivity index (χ1) is 7.83. The van der Waals surface area contributed by atoms with E-state index in [1.54, 1.807) is 0 Å². The van der Waals surface area contributed by atoms with E-state index in [2.05, 4.69) is 16.4 Å². The van der Waals surface area contributed by atoms with Crippen LogP contribution < -0.4 is 5.32 Å². The largest absolute Gasteiger partial charge is 0.369 e. The van der Waals surface area contributed by atoms with Crippen LogP contribution in [0, 0.1) is 0 Å². The predicted molar refractivity (Wildman–Crippen MR) is 64.9 cm³/mol. The van der Waals surface area contributed by atoms with E-state index in [1.807, 2.05) is 18.2 Å². The van der Waals surface area contributed by atoms with Gasteiger partial charge in [-0.25, -0.2) is 0 Å². The van der Waals surface area contributed by atoms with Gasteiger partial charge >= 0.3 is 0 Å². The Morgan fingerprint density at radius 3 is 3.06 bits per heavy atom. The van der Waals surface area contributed by atoms with E-state index in [4.69, 9.17) is 16.3 Å². The molecule has 1 aliphatic heterocycles. The van der Waals surface area contributed by atoms with Crippen LogP contribution in [0.4, 0.5) is 0 Å². The van der Waals surface area contributed by atoms with Crippen molar-refractivity contribution in [2.24, 2.45) is 0 Å². The van der Waals surface area contributed by atoms with Crippen molar-refractivity contribution in [3.8, 4) is 0 Å². The summed E-state index contributed by atoms with van der Waals surface area (Å²) in [4.78, 5) is 3.37. The number of aromatic amines is 1. The minimum Gasteiger partial charge on any atom is -0.369 e. The normalized spacial score (nSPS) is 21.4. The Balaban J connectivity index is 1.97. The summed E-state index contributed by atoms with van der Waals surface area (Å²) in [6.07, 6.45) is 0.125. The van der Waals surface area contributed by atoms with Crippen molar-refractivity contribution in [1.82, 2.24) is 10.3 Å². The second kappa shape index (κ2) is 4.09. The average Bonchev–Trinajstić information content (AvgIpc) is 2.73. The Morgan fingerprint density at radius 2 is 2.25 bits per heavy atom. The van der Waals surface area contributed by atoms with Gasteiger partial charge in [-0.2, -0.15) is 0 Å². The molecule has 0 aliphatic carbocycles. The lowest BCUT2D eigenvalue weighted by Crippen LogP contribution is -2.33. The van der Waals surface area contributed by atoms with Crippen LogP contribution in [-0.4, -0.2) is 24.7 Å². The quantitative estimate of drug-likeness (QED) is 0.798. The molecule has 1 aromatic carbocycles. The Labute approximate surface area is 98.7 Å². The third-order valence-electron chi connectivity index (χ3n) is 2.88. The number of H-pyrrole nitrogens is 1. The average molecular weight is 237 g/mol. The summed E-state index contributed by atoms with van der Waals surface area (Å²) in [6.45, 7) is 2.56. The molecular weight excluding hydrogens is 224 g/mol. The first kappa shape index (κ1) is 10.1. The SMILES string of the molecule is Clc1ccc2[nH]c(C3CNCCO3)cc2c1. The first-order valence-electron chi connectivity index (χ1n) is 5.43. The van der Waals surface area contributed by atoms with Gasteiger partial charge in [0.25, 0.3) is 0 Å². The van der Waals surface area contributed by atoms with E-state index >= 15 is 0 Å². The number of nitrogens with one attached hydrogen (secondary N) is 2. The number of fused-ring (bicyclic) bond motifs is 1. The monoisotopic (exact) mass is 236 g/mol. The number of morpholine rings is 1. The van der Waals surface area contributed by atoms with Crippen LogP contribution in [0.2, 0.25) is 5.02 Å². The van der Waals surface area contributed by atoms with Gasteiger partial charge < -0.3 is 15.0 Å². The number of hydrogen-bond acceptors (Lipinski definition) is 2. The van der Waals surface area contributed by atoms with Crippen LogP contribution in [0.1, 0.15) is 11.8 Å². The molecule has 16 heavy (non-hydrogen) atoms. The van der Waals surface area contributed by atoms with Gasteiger partial charge in [-0.1, -0.05) is 11.6 Å². The Morgan fingerprint density at radius 1 is 1.31 bits per heavy atom. The fraction of sp³-hybridized carbons (Fsp3) is 0.333. The molecule has 1 saturated heterocycles. The fourth-order valence-electron chi connectivity index (χ4n) is 2.06. The molecular formula is C12H13ClN2O. The van der Waals surface area contributed by atoms with Crippen LogP contribution in [0.15, 0.2) is 24.3 Å². The molecule has 84 valence electrons. The number of halogens is 1. The molecule has 0 bridgehead atoms. The van der Waals surface area contributed by atoms with Gasteiger partial charge in [0.15, 0.2) is 0 Å². The number of aromatic nitrogens is 1. The highest BCUT2D eigenvalue weighted by atomic mass is 35.5. The Hall–Kier alpha value is -1.03. The molecule has 2 heterocycles. The van der Waals surface area contributed by atoms with E-state index in [9.17, 15) is 0 Å². The Kier molecular flexibility index (Phi) is 2.59. The van der Waals surface area contributed by atoms with Gasteiger partial charge in [-0.05, 0) is 24.3 Å². The van der Waals surface area contributed by atoms with Crippen LogP contribution in [0.3, 0.4) is 0 Å². The minimum atomic E-state index is 0.125. The molecule has 2 N–H and O–H groups in total. The summed E-state index contributed by atoms with van der Waals surface area (Å²) in [7, 11) is 0. The summed E-state index contributed by atoms with van der Waals surface area (Å²) < 4.78 is 5.70. The molecule has 2 aromatic rings. The van der Waals surface area contributed by atoms with Crippen molar-refractivity contribution >= 4 is 22.5 Å². The van der Waals surface area contributed by atoms with Crippen molar-refractivity contribution in [2.75, 3.05) is 19.7 Å². The topological polar surface area (TPSA) is 37.0 Å². The summed E-state index contributed by atoms with van der Waals surface area (Å²) in [5.74, 6) is 0. The molecule has 3 rings (SSSR count). The molecule has 1 unspecified atom stereocenters. The first-order valence-corrected chi connectivity index (χ1v) is 5.81. The Bertz CT molecular complexity index is 503. The van der Waals surface area contributed by atoms with Gasteiger partial charge in [0.1, 0.15) is 6.10 Å². The molecule has 3 nitrogen and oxygen atoms in total. The van der Waals surface area contributed by atoms with Gasteiger partial charge in [0.2, 0.25) is 0 Å². The second-order valence-corrected chi connectivity index (χ2v) is 4.46. The summed E-state index contributed by atoms with van der Waals surface area (Å²) >= 11 is 5.96. The molecule has 0 spiro atoms. The van der Waals surface area contributed by atoms with E-state index in [1.165, 1.54) is 0 Å². The molecule has 0 amide bonds. The van der Waals surface area contributed by atoms with Crippen molar-refractivity contribution in [2.45, 2.75) is 6.10 Å². The minimum absolute atomic E-state index is 0.125. The van der Waals surface area contributed by atoms with Crippen LogP contribution in [0.25, 0.3) is 10.9 Å². The highest BCUT2D eigenvalue weighted by Crippen LogP contribution is 2.25. The van der Waals surface area contributed by atoms with E-state index in [-0.39, 0.29) is 6.10 Å². The highest BCUT2D eigenvalue weighted by Gasteiger charge is 2.17. The number of ether oxygens (including phenoxy) is 1. The maximum Gasteiger partial charge on any atom is 0.110 e. The summed E-state index contributed by atoms with van der Waals surface area (Å²) in [6, 6.07) is 7.97. The molecule has 0 saturated carbocycles. The van der Waals surface area contributed by atoms with Gasteiger partial charge in [-0.15, -0.1) is 0 Å². The van der Waals surface area contributed by atoms with Crippen molar-refractivity contribution in [1.29, 1.82) is 0 Å². The molecule has 1 atom stereocenters. The van der Waals surface area contributed by atoms with Gasteiger partial charge in [0, 0.05) is 34.7 Å². The zero-order valence-electron chi connectivity index (χ0n) is 8.79. The number of benzene rings is 1. The van der Waals surface area contributed by atoms with Crippen LogP contribution in [-0.2, 0) is 4.74 Å². The number of hydrogen-bond donors (Lipinski definition) is 2. The lowest BCUT2D eigenvalue weighted by Gasteiger charge is -2.22. The van der Waals surface area contributed by atoms with E-state index < -0.39 is 0 Å². The standard InChI is InChI=1S/C12H13ClN2O/c13-9-1-2-10-8(5-9)6-11(15-10)12-7-14-3-4-16-12/h1-2,5-6,12,14-15H,3-4,7H2. The number of rotatable bonds is 1. The van der Waals surface area contributed by atoms with Crippen LogP contribution in [0.5, 0.6) is 0 Å². The lowest BCUT2D eigenvalue weighted by molar-refractivity contribution is 0.0255. The van der Waals surface area contributed by atoms with E-state index in [0.717, 1.165) is 41.3 Å². The third-order valence-corrected chi connectivity index (χ3v) is 3.11. The zero-order valence-corrected chi connectivity index (χ0v) is 9.55.